The second-order valence-electron chi connectivity index (χ2n) is 6.75. The number of hydrogen-bond donors (Lipinski definition) is 3. The van der Waals surface area contributed by atoms with Gasteiger partial charge in [0, 0.05) is 5.56 Å². The monoisotopic (exact) mass is 363 g/mol. The van der Waals surface area contributed by atoms with E-state index in [1.54, 1.807) is 31.4 Å². The number of nitrogens with zero attached hydrogens (tertiary/aromatic N) is 1. The molecular formula is C21H21N3O3. The highest BCUT2D eigenvalue weighted by molar-refractivity contribution is 5.93. The van der Waals surface area contributed by atoms with E-state index in [9.17, 15) is 9.90 Å². The topological polar surface area (TPSA) is 87.2 Å². The third kappa shape index (κ3) is 3.65. The summed E-state index contributed by atoms with van der Waals surface area (Å²) in [7, 11) is 1.63. The fourth-order valence-corrected chi connectivity index (χ4v) is 3.20. The summed E-state index contributed by atoms with van der Waals surface area (Å²) in [6, 6.07) is 16.3. The Kier molecular flexibility index (Phi) is 4.54. The summed E-state index contributed by atoms with van der Waals surface area (Å²) in [6.07, 6.45) is 2.20. The van der Waals surface area contributed by atoms with Crippen molar-refractivity contribution in [3.8, 4) is 22.8 Å². The standard InChI is InChI=1S/C21H21N3O3/c1-27-15-10-8-14(9-11-15)20(13-6-7-13)22-21(26)18-12-17(23-24-18)16-4-2-3-5-19(16)25/h2-5,8-13,20,25H,6-7H2,1H3,(H,22,26)(H,23,24). The van der Waals surface area contributed by atoms with Crippen LogP contribution in [0.15, 0.2) is 54.6 Å². The lowest BCUT2D eigenvalue weighted by molar-refractivity contribution is 0.0926. The molecular weight excluding hydrogens is 342 g/mol. The molecule has 1 aliphatic carbocycles. The van der Waals surface area contributed by atoms with Crippen molar-refractivity contribution in [1.82, 2.24) is 15.5 Å². The zero-order chi connectivity index (χ0) is 18.8. The van der Waals surface area contributed by atoms with E-state index in [0.29, 0.717) is 22.9 Å². The summed E-state index contributed by atoms with van der Waals surface area (Å²) in [5.41, 5.74) is 2.55. The number of benzene rings is 2. The van der Waals surface area contributed by atoms with Gasteiger partial charge in [0.25, 0.3) is 5.91 Å². The number of amides is 1. The number of para-hydroxylation sites is 1. The predicted molar refractivity (Wildman–Crippen MR) is 102 cm³/mol. The number of nitrogens with one attached hydrogen (secondary N) is 2. The highest BCUT2D eigenvalue weighted by Gasteiger charge is 2.34. The zero-order valence-corrected chi connectivity index (χ0v) is 15.0. The summed E-state index contributed by atoms with van der Waals surface area (Å²) in [5.74, 6) is 1.16. The molecule has 0 aliphatic heterocycles. The molecule has 4 rings (SSSR count). The van der Waals surface area contributed by atoms with Gasteiger partial charge >= 0.3 is 0 Å². The number of methoxy groups -OCH3 is 1. The molecule has 6 nitrogen and oxygen atoms in total. The molecule has 1 fully saturated rings. The molecule has 1 amide bonds. The normalized spacial score (nSPS) is 14.6. The number of aromatic hydroxyl groups is 1. The van der Waals surface area contributed by atoms with Gasteiger partial charge in [0.15, 0.2) is 0 Å². The number of H-pyrrole nitrogens is 1. The van der Waals surface area contributed by atoms with Crippen molar-refractivity contribution < 1.29 is 14.6 Å². The first-order valence-electron chi connectivity index (χ1n) is 8.94. The van der Waals surface area contributed by atoms with Crippen LogP contribution in [0, 0.1) is 5.92 Å². The Morgan fingerprint density at radius 2 is 1.96 bits per heavy atom. The minimum absolute atomic E-state index is 0.0414. The van der Waals surface area contributed by atoms with Gasteiger partial charge in [-0.05, 0) is 54.7 Å². The summed E-state index contributed by atoms with van der Waals surface area (Å²) >= 11 is 0. The van der Waals surface area contributed by atoms with Crippen LogP contribution in [0.5, 0.6) is 11.5 Å². The van der Waals surface area contributed by atoms with E-state index in [4.69, 9.17) is 4.74 Å². The molecule has 3 aromatic rings. The minimum Gasteiger partial charge on any atom is -0.507 e. The van der Waals surface area contributed by atoms with Gasteiger partial charge in [0.1, 0.15) is 17.2 Å². The molecule has 1 aliphatic rings. The van der Waals surface area contributed by atoms with Crippen molar-refractivity contribution >= 4 is 5.91 Å². The quantitative estimate of drug-likeness (QED) is 0.623. The first kappa shape index (κ1) is 17.1. The number of phenols is 1. The first-order valence-corrected chi connectivity index (χ1v) is 8.94. The van der Waals surface area contributed by atoms with Gasteiger partial charge in [-0.1, -0.05) is 24.3 Å². The van der Waals surface area contributed by atoms with Crippen LogP contribution in [0.1, 0.15) is 34.9 Å². The number of carbonyl (C=O) groups is 1. The van der Waals surface area contributed by atoms with Crippen LogP contribution in [0.25, 0.3) is 11.3 Å². The molecule has 0 saturated heterocycles. The van der Waals surface area contributed by atoms with Crippen LogP contribution >= 0.6 is 0 Å². The highest BCUT2D eigenvalue weighted by Crippen LogP contribution is 2.41. The van der Waals surface area contributed by atoms with Crippen molar-refractivity contribution in [2.45, 2.75) is 18.9 Å². The van der Waals surface area contributed by atoms with E-state index in [2.05, 4.69) is 15.5 Å². The SMILES string of the molecule is COc1ccc(C(NC(=O)c2cc(-c3ccccc3O)n[nH]2)C2CC2)cc1. The lowest BCUT2D eigenvalue weighted by atomic mass is 10.0. The lowest BCUT2D eigenvalue weighted by Crippen LogP contribution is -2.30. The van der Waals surface area contributed by atoms with Gasteiger partial charge in [-0.15, -0.1) is 0 Å². The largest absolute Gasteiger partial charge is 0.507 e. The third-order valence-corrected chi connectivity index (χ3v) is 4.86. The second kappa shape index (κ2) is 7.15. The van der Waals surface area contributed by atoms with Crippen molar-refractivity contribution in [2.24, 2.45) is 5.92 Å². The average Bonchev–Trinajstić information content (AvgIpc) is 3.42. The second-order valence-corrected chi connectivity index (χ2v) is 6.75. The van der Waals surface area contributed by atoms with E-state index in [0.717, 1.165) is 24.2 Å². The molecule has 0 radical (unpaired) electrons. The van der Waals surface area contributed by atoms with Gasteiger partial charge in [0.05, 0.1) is 18.8 Å². The molecule has 1 heterocycles. The first-order chi connectivity index (χ1) is 13.2. The van der Waals surface area contributed by atoms with E-state index >= 15 is 0 Å². The minimum atomic E-state index is -0.211. The Morgan fingerprint density at radius 1 is 1.22 bits per heavy atom. The maximum Gasteiger partial charge on any atom is 0.269 e. The fraction of sp³-hybridized carbons (Fsp3) is 0.238. The molecule has 1 aromatic heterocycles. The number of phenolic OH excluding ortho intramolecular Hbond substituents is 1. The van der Waals surface area contributed by atoms with E-state index in [1.807, 2.05) is 30.3 Å². The Morgan fingerprint density at radius 3 is 2.63 bits per heavy atom. The Bertz CT molecular complexity index is 945. The summed E-state index contributed by atoms with van der Waals surface area (Å²) < 4.78 is 5.21. The summed E-state index contributed by atoms with van der Waals surface area (Å²) in [6.45, 7) is 0. The molecule has 138 valence electrons. The predicted octanol–water partition coefficient (Wildman–Crippen LogP) is 3.67. The smallest absolute Gasteiger partial charge is 0.269 e. The lowest BCUT2D eigenvalue weighted by Gasteiger charge is -2.18. The van der Waals surface area contributed by atoms with Gasteiger partial charge in [-0.2, -0.15) is 5.10 Å². The van der Waals surface area contributed by atoms with E-state index < -0.39 is 0 Å². The Balaban J connectivity index is 1.53. The number of hydrogen-bond acceptors (Lipinski definition) is 4. The molecule has 1 unspecified atom stereocenters. The molecule has 1 atom stereocenters. The van der Waals surface area contributed by atoms with Gasteiger partial charge in [-0.25, -0.2) is 0 Å². The molecule has 2 aromatic carbocycles. The van der Waals surface area contributed by atoms with Crippen LogP contribution in [0.3, 0.4) is 0 Å². The fourth-order valence-electron chi connectivity index (χ4n) is 3.20. The van der Waals surface area contributed by atoms with E-state index in [-0.39, 0.29) is 17.7 Å². The summed E-state index contributed by atoms with van der Waals surface area (Å²) in [5, 5.41) is 20.0. The molecule has 3 N–H and O–H groups in total. The maximum atomic E-state index is 12.7. The zero-order valence-electron chi connectivity index (χ0n) is 15.0. The Hall–Kier alpha value is -3.28. The third-order valence-electron chi connectivity index (χ3n) is 4.86. The van der Waals surface area contributed by atoms with Gasteiger partial charge in [-0.3, -0.25) is 9.89 Å². The number of carbonyl (C=O) groups excluding carboxylic acids is 1. The summed E-state index contributed by atoms with van der Waals surface area (Å²) in [4.78, 5) is 12.7. The molecule has 1 saturated carbocycles. The molecule has 6 heteroatoms. The van der Waals surface area contributed by atoms with Crippen LogP contribution in [-0.2, 0) is 0 Å². The van der Waals surface area contributed by atoms with Crippen molar-refractivity contribution in [3.63, 3.8) is 0 Å². The van der Waals surface area contributed by atoms with Crippen LogP contribution in [-0.4, -0.2) is 28.3 Å². The molecule has 27 heavy (non-hydrogen) atoms. The average molecular weight is 363 g/mol. The van der Waals surface area contributed by atoms with Crippen LogP contribution in [0.2, 0.25) is 0 Å². The van der Waals surface area contributed by atoms with Crippen molar-refractivity contribution in [2.75, 3.05) is 7.11 Å². The Labute approximate surface area is 157 Å². The van der Waals surface area contributed by atoms with Gasteiger partial charge < -0.3 is 15.2 Å². The number of ether oxygens (including phenoxy) is 1. The van der Waals surface area contributed by atoms with E-state index in [1.165, 1.54) is 0 Å². The maximum absolute atomic E-state index is 12.7. The molecule has 0 bridgehead atoms. The van der Waals surface area contributed by atoms with Crippen molar-refractivity contribution in [1.29, 1.82) is 0 Å². The number of aromatic nitrogens is 2. The van der Waals surface area contributed by atoms with Crippen LogP contribution in [0.4, 0.5) is 0 Å². The van der Waals surface area contributed by atoms with Crippen LogP contribution < -0.4 is 10.1 Å². The highest BCUT2D eigenvalue weighted by atomic mass is 16.5. The number of aromatic amines is 1. The van der Waals surface area contributed by atoms with Gasteiger partial charge in [0.2, 0.25) is 0 Å². The number of rotatable bonds is 6. The molecule has 0 spiro atoms. The van der Waals surface area contributed by atoms with Crippen molar-refractivity contribution in [3.05, 3.63) is 65.9 Å².